The van der Waals surface area contributed by atoms with E-state index in [0.717, 1.165) is 11.1 Å². The lowest BCUT2D eigenvalue weighted by Gasteiger charge is -2.23. The van der Waals surface area contributed by atoms with Crippen LogP contribution in [0.25, 0.3) is 11.0 Å². The Kier molecular flexibility index (Phi) is 6.24. The Hall–Kier alpha value is -3.37. The highest BCUT2D eigenvalue weighted by Crippen LogP contribution is 2.29. The molecule has 2 heterocycles. The highest BCUT2D eigenvalue weighted by molar-refractivity contribution is 9.10. The highest BCUT2D eigenvalue weighted by Gasteiger charge is 2.26. The lowest BCUT2D eigenvalue weighted by Crippen LogP contribution is -2.31. The van der Waals surface area contributed by atoms with Crippen LogP contribution in [0.4, 0.5) is 10.1 Å². The smallest absolute Gasteiger partial charge is 0.264 e. The van der Waals surface area contributed by atoms with Gasteiger partial charge in [0.15, 0.2) is 0 Å². The maximum absolute atomic E-state index is 13.7. The van der Waals surface area contributed by atoms with Crippen molar-refractivity contribution >= 4 is 48.6 Å². The zero-order chi connectivity index (χ0) is 24.6. The van der Waals surface area contributed by atoms with E-state index < -0.39 is 10.0 Å². The summed E-state index contributed by atoms with van der Waals surface area (Å²) in [5.41, 5.74) is 2.81. The predicted octanol–water partition coefficient (Wildman–Crippen LogP) is 4.92. The van der Waals surface area contributed by atoms with Crippen molar-refractivity contribution in [3.05, 3.63) is 94.0 Å². The van der Waals surface area contributed by atoms with E-state index in [4.69, 9.17) is 0 Å². The number of sulfonamides is 1. The standard InChI is InChI=1S/C25H20BrFN4O3S/c26-18-7-9-20(25(32)31-12-2-3-16-13-19(27)8-6-17(16)15-31)22(14-18)30-35(33,34)23-5-1-4-21-24(23)29-11-10-28-21/h1,4-11,13-14,30H,2-3,12,15H2. The molecule has 0 aliphatic carbocycles. The van der Waals surface area contributed by atoms with Crippen LogP contribution in [0.2, 0.25) is 0 Å². The fourth-order valence-corrected chi connectivity index (χ4v) is 5.84. The van der Waals surface area contributed by atoms with E-state index in [1.807, 2.05) is 0 Å². The van der Waals surface area contributed by atoms with Crippen LogP contribution in [0.5, 0.6) is 0 Å². The maximum Gasteiger partial charge on any atom is 0.264 e. The van der Waals surface area contributed by atoms with Gasteiger partial charge in [0.1, 0.15) is 16.2 Å². The Morgan fingerprint density at radius 3 is 2.71 bits per heavy atom. The minimum Gasteiger partial charge on any atom is -0.334 e. The SMILES string of the molecule is O=C(c1ccc(Br)cc1NS(=O)(=O)c1cccc2nccnc12)N1CCCc2cc(F)ccc2C1. The van der Waals surface area contributed by atoms with Gasteiger partial charge < -0.3 is 4.90 Å². The Labute approximate surface area is 210 Å². The largest absolute Gasteiger partial charge is 0.334 e. The quantitative estimate of drug-likeness (QED) is 0.386. The normalized spacial score (nSPS) is 13.8. The van der Waals surface area contributed by atoms with Crippen molar-refractivity contribution in [3.63, 3.8) is 0 Å². The lowest BCUT2D eigenvalue weighted by molar-refractivity contribution is 0.0747. The first-order chi connectivity index (χ1) is 16.8. The number of aryl methyl sites for hydroxylation is 1. The van der Waals surface area contributed by atoms with E-state index in [0.29, 0.717) is 35.9 Å². The number of aromatic nitrogens is 2. The predicted molar refractivity (Wildman–Crippen MR) is 134 cm³/mol. The van der Waals surface area contributed by atoms with E-state index in [9.17, 15) is 17.6 Å². The van der Waals surface area contributed by atoms with E-state index in [-0.39, 0.29) is 33.4 Å². The molecule has 3 aromatic carbocycles. The van der Waals surface area contributed by atoms with Crippen LogP contribution < -0.4 is 4.72 Å². The minimum absolute atomic E-state index is 0.0350. The summed E-state index contributed by atoms with van der Waals surface area (Å²) in [5, 5.41) is 0. The molecular weight excluding hydrogens is 535 g/mol. The fraction of sp³-hybridized carbons (Fsp3) is 0.160. The average Bonchev–Trinajstić information content (AvgIpc) is 3.05. The van der Waals surface area contributed by atoms with Crippen molar-refractivity contribution in [3.8, 4) is 0 Å². The summed E-state index contributed by atoms with van der Waals surface area (Å²) in [5.74, 6) is -0.614. The summed E-state index contributed by atoms with van der Waals surface area (Å²) < 4.78 is 43.6. The number of amides is 1. The van der Waals surface area contributed by atoms with Crippen LogP contribution in [0, 0.1) is 5.82 Å². The Morgan fingerprint density at radius 2 is 1.86 bits per heavy atom. The van der Waals surface area contributed by atoms with Crippen LogP contribution in [0.3, 0.4) is 0 Å². The molecule has 178 valence electrons. The minimum atomic E-state index is -4.09. The van der Waals surface area contributed by atoms with Gasteiger partial charge in [-0.2, -0.15) is 0 Å². The number of benzene rings is 3. The van der Waals surface area contributed by atoms with Crippen molar-refractivity contribution in [1.29, 1.82) is 0 Å². The average molecular weight is 555 g/mol. The number of rotatable bonds is 4. The summed E-state index contributed by atoms with van der Waals surface area (Å²) in [6.07, 6.45) is 4.26. The second-order valence-corrected chi connectivity index (χ2v) is 10.8. The zero-order valence-electron chi connectivity index (χ0n) is 18.4. The molecule has 0 saturated heterocycles. The van der Waals surface area contributed by atoms with Crippen molar-refractivity contribution in [2.75, 3.05) is 11.3 Å². The molecule has 1 aliphatic rings. The van der Waals surface area contributed by atoms with E-state index in [1.165, 1.54) is 30.6 Å². The van der Waals surface area contributed by atoms with Gasteiger partial charge in [0.05, 0.1) is 16.8 Å². The topological polar surface area (TPSA) is 92.3 Å². The number of nitrogens with one attached hydrogen (secondary N) is 1. The van der Waals surface area contributed by atoms with Gasteiger partial charge >= 0.3 is 0 Å². The lowest BCUT2D eigenvalue weighted by atomic mass is 10.0. The third-order valence-electron chi connectivity index (χ3n) is 5.90. The maximum atomic E-state index is 13.7. The fourth-order valence-electron chi connectivity index (χ4n) is 4.24. The van der Waals surface area contributed by atoms with E-state index in [1.54, 1.807) is 41.3 Å². The molecule has 1 N–H and O–H groups in total. The van der Waals surface area contributed by atoms with Gasteiger partial charge in [0.25, 0.3) is 15.9 Å². The molecule has 0 fully saturated rings. The number of hydrogen-bond donors (Lipinski definition) is 1. The number of fused-ring (bicyclic) bond motifs is 2. The Bertz CT molecular complexity index is 1560. The summed E-state index contributed by atoms with van der Waals surface area (Å²) in [6.45, 7) is 0.784. The zero-order valence-corrected chi connectivity index (χ0v) is 20.8. The molecule has 4 aromatic rings. The number of carbonyl (C=O) groups is 1. The van der Waals surface area contributed by atoms with Crippen molar-refractivity contribution in [2.24, 2.45) is 0 Å². The van der Waals surface area contributed by atoms with E-state index in [2.05, 4.69) is 30.6 Å². The molecule has 1 amide bonds. The molecule has 5 rings (SSSR count). The monoisotopic (exact) mass is 554 g/mol. The highest BCUT2D eigenvalue weighted by atomic mass is 79.9. The number of carbonyl (C=O) groups excluding carboxylic acids is 1. The second-order valence-electron chi connectivity index (χ2n) is 8.22. The van der Waals surface area contributed by atoms with Crippen LogP contribution in [0.1, 0.15) is 27.9 Å². The summed E-state index contributed by atoms with van der Waals surface area (Å²) in [4.78, 5) is 23.6. The molecule has 0 unspecified atom stereocenters. The molecule has 7 nitrogen and oxygen atoms in total. The van der Waals surface area contributed by atoms with Crippen molar-refractivity contribution in [2.45, 2.75) is 24.3 Å². The van der Waals surface area contributed by atoms with Gasteiger partial charge in [-0.05, 0) is 66.4 Å². The Balaban J connectivity index is 1.50. The third-order valence-corrected chi connectivity index (χ3v) is 7.79. The van der Waals surface area contributed by atoms with Gasteiger partial charge in [-0.25, -0.2) is 12.8 Å². The molecule has 35 heavy (non-hydrogen) atoms. The number of para-hydroxylation sites is 1. The van der Waals surface area contributed by atoms with Gasteiger partial charge in [-0.3, -0.25) is 19.5 Å². The van der Waals surface area contributed by atoms with Crippen molar-refractivity contribution in [1.82, 2.24) is 14.9 Å². The molecule has 0 saturated carbocycles. The molecule has 0 spiro atoms. The van der Waals surface area contributed by atoms with Gasteiger partial charge in [-0.15, -0.1) is 0 Å². The number of nitrogens with zero attached hydrogens (tertiary/aromatic N) is 3. The second kappa shape index (κ2) is 9.35. The molecule has 0 radical (unpaired) electrons. The van der Waals surface area contributed by atoms with E-state index >= 15 is 0 Å². The molecule has 1 aliphatic heterocycles. The molecule has 0 bridgehead atoms. The van der Waals surface area contributed by atoms with Gasteiger partial charge in [0.2, 0.25) is 0 Å². The first-order valence-corrected chi connectivity index (χ1v) is 13.2. The first kappa shape index (κ1) is 23.4. The molecule has 0 atom stereocenters. The van der Waals surface area contributed by atoms with Crippen molar-refractivity contribution < 1.29 is 17.6 Å². The summed E-state index contributed by atoms with van der Waals surface area (Å²) in [6, 6.07) is 14.2. The summed E-state index contributed by atoms with van der Waals surface area (Å²) >= 11 is 3.37. The molecule has 1 aromatic heterocycles. The van der Waals surface area contributed by atoms with Crippen LogP contribution in [-0.2, 0) is 23.0 Å². The first-order valence-electron chi connectivity index (χ1n) is 10.9. The molecular formula is C25H20BrFN4O3S. The number of anilines is 1. The van der Waals surface area contributed by atoms with Crippen LogP contribution >= 0.6 is 15.9 Å². The number of halogens is 2. The third kappa shape index (κ3) is 4.76. The van der Waals surface area contributed by atoms with Crippen LogP contribution in [0.15, 0.2) is 76.4 Å². The van der Waals surface area contributed by atoms with Crippen LogP contribution in [-0.4, -0.2) is 35.7 Å². The van der Waals surface area contributed by atoms with Gasteiger partial charge in [-0.1, -0.05) is 28.1 Å². The Morgan fingerprint density at radius 1 is 1.03 bits per heavy atom. The summed E-state index contributed by atoms with van der Waals surface area (Å²) in [7, 11) is -4.09. The number of hydrogen-bond acceptors (Lipinski definition) is 5. The molecule has 10 heteroatoms. The van der Waals surface area contributed by atoms with Gasteiger partial charge in [0, 0.05) is 30.0 Å².